The van der Waals surface area contributed by atoms with Crippen molar-refractivity contribution in [2.75, 3.05) is 6.54 Å². The topological polar surface area (TPSA) is 57.6 Å². The van der Waals surface area contributed by atoms with E-state index in [0.717, 1.165) is 18.2 Å². The standard InChI is InChI=1S/C15H18FNO3/c1-4-17(10(2)3)15(20)12-6-5-11(13(16)9-12)7-8-14(18)19/h5-10H,4H2,1-3H3,(H,18,19). The molecule has 0 radical (unpaired) electrons. The van der Waals surface area contributed by atoms with Gasteiger partial charge in [-0.3, -0.25) is 4.79 Å². The minimum Gasteiger partial charge on any atom is -0.478 e. The first kappa shape index (κ1) is 15.9. The van der Waals surface area contributed by atoms with E-state index in [1.165, 1.54) is 12.1 Å². The van der Waals surface area contributed by atoms with E-state index >= 15 is 0 Å². The summed E-state index contributed by atoms with van der Waals surface area (Å²) in [5, 5.41) is 8.50. The molecule has 0 aliphatic rings. The molecule has 0 spiro atoms. The van der Waals surface area contributed by atoms with Crippen molar-refractivity contribution >= 4 is 18.0 Å². The van der Waals surface area contributed by atoms with Gasteiger partial charge >= 0.3 is 5.97 Å². The van der Waals surface area contributed by atoms with Crippen molar-refractivity contribution in [2.24, 2.45) is 0 Å². The van der Waals surface area contributed by atoms with Crippen LogP contribution in [0.3, 0.4) is 0 Å². The Balaban J connectivity index is 3.03. The van der Waals surface area contributed by atoms with E-state index in [1.807, 2.05) is 20.8 Å². The summed E-state index contributed by atoms with van der Waals surface area (Å²) >= 11 is 0. The quantitative estimate of drug-likeness (QED) is 0.843. The summed E-state index contributed by atoms with van der Waals surface area (Å²) in [4.78, 5) is 24.2. The molecule has 1 amide bonds. The molecule has 1 aromatic carbocycles. The van der Waals surface area contributed by atoms with Crippen LogP contribution in [0, 0.1) is 5.82 Å². The van der Waals surface area contributed by atoms with Crippen molar-refractivity contribution in [1.82, 2.24) is 4.90 Å². The Morgan fingerprint density at radius 1 is 1.40 bits per heavy atom. The van der Waals surface area contributed by atoms with Crippen molar-refractivity contribution in [3.63, 3.8) is 0 Å². The van der Waals surface area contributed by atoms with Crippen LogP contribution in [0.1, 0.15) is 36.7 Å². The minimum absolute atomic E-state index is 0.0298. The van der Waals surface area contributed by atoms with Crippen LogP contribution in [0.2, 0.25) is 0 Å². The van der Waals surface area contributed by atoms with Gasteiger partial charge in [0.05, 0.1) is 0 Å². The van der Waals surface area contributed by atoms with E-state index in [0.29, 0.717) is 6.54 Å². The Bertz CT molecular complexity index is 538. The average molecular weight is 279 g/mol. The summed E-state index contributed by atoms with van der Waals surface area (Å²) < 4.78 is 13.8. The van der Waals surface area contributed by atoms with Gasteiger partial charge in [-0.15, -0.1) is 0 Å². The molecule has 1 rings (SSSR count). The molecule has 0 aromatic heterocycles. The Hall–Kier alpha value is -2.17. The second-order valence-corrected chi connectivity index (χ2v) is 4.59. The second-order valence-electron chi connectivity index (χ2n) is 4.59. The number of amides is 1. The first-order valence-corrected chi connectivity index (χ1v) is 6.38. The Morgan fingerprint density at radius 2 is 2.05 bits per heavy atom. The van der Waals surface area contributed by atoms with E-state index < -0.39 is 11.8 Å². The monoisotopic (exact) mass is 279 g/mol. The zero-order valence-electron chi connectivity index (χ0n) is 11.8. The van der Waals surface area contributed by atoms with Crippen molar-refractivity contribution in [3.05, 3.63) is 41.2 Å². The van der Waals surface area contributed by atoms with Gasteiger partial charge in [-0.2, -0.15) is 0 Å². The van der Waals surface area contributed by atoms with Crippen molar-refractivity contribution in [3.8, 4) is 0 Å². The molecule has 0 aliphatic heterocycles. The van der Waals surface area contributed by atoms with E-state index in [4.69, 9.17) is 5.11 Å². The van der Waals surface area contributed by atoms with Gasteiger partial charge in [0.15, 0.2) is 0 Å². The highest BCUT2D eigenvalue weighted by atomic mass is 19.1. The SMILES string of the molecule is CCN(C(=O)c1ccc(C=CC(=O)O)c(F)c1)C(C)C. The molecule has 0 saturated carbocycles. The number of aliphatic carboxylic acids is 1. The zero-order chi connectivity index (χ0) is 15.3. The van der Waals surface area contributed by atoms with E-state index in [-0.39, 0.29) is 23.1 Å². The van der Waals surface area contributed by atoms with Crippen LogP contribution in [0.5, 0.6) is 0 Å². The lowest BCUT2D eigenvalue weighted by Crippen LogP contribution is -2.36. The van der Waals surface area contributed by atoms with Crippen LogP contribution in [0.25, 0.3) is 6.08 Å². The molecule has 0 atom stereocenters. The van der Waals surface area contributed by atoms with Crippen LogP contribution < -0.4 is 0 Å². The lowest BCUT2D eigenvalue weighted by Gasteiger charge is -2.25. The number of hydrogen-bond donors (Lipinski definition) is 1. The second kappa shape index (κ2) is 6.84. The average Bonchev–Trinajstić information content (AvgIpc) is 2.37. The normalized spacial score (nSPS) is 11.1. The number of carbonyl (C=O) groups excluding carboxylic acids is 1. The third-order valence-electron chi connectivity index (χ3n) is 2.88. The third kappa shape index (κ3) is 3.91. The highest BCUT2D eigenvalue weighted by Crippen LogP contribution is 2.15. The number of rotatable bonds is 5. The Labute approximate surface area is 117 Å². The number of carboxylic acids is 1. The fraction of sp³-hybridized carbons (Fsp3) is 0.333. The molecule has 0 fully saturated rings. The maximum Gasteiger partial charge on any atom is 0.328 e. The lowest BCUT2D eigenvalue weighted by atomic mass is 10.1. The van der Waals surface area contributed by atoms with Gasteiger partial charge < -0.3 is 10.0 Å². The van der Waals surface area contributed by atoms with Gasteiger partial charge in [-0.1, -0.05) is 6.07 Å². The first-order valence-electron chi connectivity index (χ1n) is 6.38. The maximum absolute atomic E-state index is 13.8. The van der Waals surface area contributed by atoms with Gasteiger partial charge in [0.25, 0.3) is 5.91 Å². The lowest BCUT2D eigenvalue weighted by molar-refractivity contribution is -0.131. The molecule has 1 aromatic rings. The summed E-state index contributed by atoms with van der Waals surface area (Å²) in [5.41, 5.74) is 0.391. The molecule has 0 heterocycles. The Kier molecular flexibility index (Phi) is 5.43. The first-order chi connectivity index (χ1) is 9.36. The van der Waals surface area contributed by atoms with Crippen LogP contribution in [0.4, 0.5) is 4.39 Å². The summed E-state index contributed by atoms with van der Waals surface area (Å²) in [6.45, 7) is 6.18. The smallest absolute Gasteiger partial charge is 0.328 e. The van der Waals surface area contributed by atoms with Crippen molar-refractivity contribution in [2.45, 2.75) is 26.8 Å². The summed E-state index contributed by atoms with van der Waals surface area (Å²) in [5.74, 6) is -2.01. The molecule has 20 heavy (non-hydrogen) atoms. The van der Waals surface area contributed by atoms with Crippen molar-refractivity contribution < 1.29 is 19.1 Å². The summed E-state index contributed by atoms with van der Waals surface area (Å²) in [6, 6.07) is 4.06. The van der Waals surface area contributed by atoms with E-state index in [9.17, 15) is 14.0 Å². The predicted octanol–water partition coefficient (Wildman–Crippen LogP) is 2.79. The van der Waals surface area contributed by atoms with Crippen LogP contribution in [-0.2, 0) is 4.79 Å². The third-order valence-corrected chi connectivity index (χ3v) is 2.88. The van der Waals surface area contributed by atoms with Crippen LogP contribution in [-0.4, -0.2) is 34.5 Å². The fourth-order valence-electron chi connectivity index (χ4n) is 1.87. The highest BCUT2D eigenvalue weighted by molar-refractivity contribution is 5.94. The van der Waals surface area contributed by atoms with Gasteiger partial charge in [-0.25, -0.2) is 9.18 Å². The zero-order valence-corrected chi connectivity index (χ0v) is 11.8. The van der Waals surface area contributed by atoms with Gasteiger partial charge in [-0.05, 0) is 39.0 Å². The minimum atomic E-state index is -1.15. The Morgan fingerprint density at radius 3 is 2.50 bits per heavy atom. The molecule has 108 valence electrons. The molecule has 0 aliphatic carbocycles. The molecule has 0 saturated heterocycles. The summed E-state index contributed by atoms with van der Waals surface area (Å²) in [6.07, 6.45) is 2.01. The number of halogens is 1. The van der Waals surface area contributed by atoms with Gasteiger partial charge in [0.2, 0.25) is 0 Å². The number of nitrogens with zero attached hydrogens (tertiary/aromatic N) is 1. The van der Waals surface area contributed by atoms with Crippen LogP contribution >= 0.6 is 0 Å². The highest BCUT2D eigenvalue weighted by Gasteiger charge is 2.17. The molecule has 4 nitrogen and oxygen atoms in total. The van der Waals surface area contributed by atoms with Crippen molar-refractivity contribution in [1.29, 1.82) is 0 Å². The number of carboxylic acid groups (broad SMARTS) is 1. The maximum atomic E-state index is 13.8. The van der Waals surface area contributed by atoms with E-state index in [2.05, 4.69) is 0 Å². The molecular formula is C15H18FNO3. The predicted molar refractivity (Wildman–Crippen MR) is 74.9 cm³/mol. The number of hydrogen-bond acceptors (Lipinski definition) is 2. The largest absolute Gasteiger partial charge is 0.478 e. The molecular weight excluding hydrogens is 261 g/mol. The molecule has 1 N–H and O–H groups in total. The molecule has 0 bridgehead atoms. The number of benzene rings is 1. The fourth-order valence-corrected chi connectivity index (χ4v) is 1.87. The van der Waals surface area contributed by atoms with E-state index in [1.54, 1.807) is 4.90 Å². The van der Waals surface area contributed by atoms with Gasteiger partial charge in [0, 0.05) is 29.8 Å². The number of carbonyl (C=O) groups is 2. The summed E-state index contributed by atoms with van der Waals surface area (Å²) in [7, 11) is 0. The van der Waals surface area contributed by atoms with Gasteiger partial charge in [0.1, 0.15) is 5.82 Å². The molecule has 5 heteroatoms. The van der Waals surface area contributed by atoms with Crippen LogP contribution in [0.15, 0.2) is 24.3 Å². The molecule has 0 unspecified atom stereocenters.